The maximum Gasteiger partial charge on any atom is 0.274 e. The molecule has 2 N–H and O–H groups in total. The van der Waals surface area contributed by atoms with Gasteiger partial charge in [0.15, 0.2) is 0 Å². The van der Waals surface area contributed by atoms with Crippen molar-refractivity contribution in [3.05, 3.63) is 75.8 Å². The monoisotopic (exact) mass is 561 g/mol. The third-order valence-electron chi connectivity index (χ3n) is 6.82. The first-order valence-electron chi connectivity index (χ1n) is 13.8. The molecule has 0 unspecified atom stereocenters. The van der Waals surface area contributed by atoms with Crippen molar-refractivity contribution in [3.8, 4) is 11.1 Å². The summed E-state index contributed by atoms with van der Waals surface area (Å²) in [5.41, 5.74) is 3.99. The minimum atomic E-state index is -0.249. The molecule has 1 fully saturated rings. The first-order chi connectivity index (χ1) is 19.5. The number of pyridine rings is 2. The van der Waals surface area contributed by atoms with E-state index in [-0.39, 0.29) is 29.4 Å². The quantitative estimate of drug-likeness (QED) is 0.385. The number of ether oxygens (including phenoxy) is 2. The maximum absolute atomic E-state index is 13.0. The molecule has 218 valence electrons. The van der Waals surface area contributed by atoms with Crippen molar-refractivity contribution in [2.24, 2.45) is 7.05 Å². The zero-order valence-corrected chi connectivity index (χ0v) is 24.5. The summed E-state index contributed by atoms with van der Waals surface area (Å²) in [6.07, 6.45) is 3.54. The van der Waals surface area contributed by atoms with Crippen molar-refractivity contribution < 1.29 is 19.1 Å². The highest BCUT2D eigenvalue weighted by molar-refractivity contribution is 5.94. The number of carbonyl (C=O) groups excluding carboxylic acids is 2. The Bertz CT molecular complexity index is 1440. The average Bonchev–Trinajstić information content (AvgIpc) is 2.94. The fraction of sp³-hybridized carbons (Fsp3) is 0.419. The van der Waals surface area contributed by atoms with Crippen LogP contribution < -0.4 is 16.2 Å². The summed E-state index contributed by atoms with van der Waals surface area (Å²) < 4.78 is 12.5. The fourth-order valence-electron chi connectivity index (χ4n) is 4.60. The second kappa shape index (κ2) is 13.1. The molecule has 0 radical (unpaired) electrons. The fourth-order valence-corrected chi connectivity index (χ4v) is 4.60. The van der Waals surface area contributed by atoms with E-state index in [2.05, 4.69) is 15.6 Å². The van der Waals surface area contributed by atoms with Crippen molar-refractivity contribution in [2.45, 2.75) is 39.7 Å². The number of nitrogens with one attached hydrogen (secondary N) is 2. The number of carbonyl (C=O) groups is 2. The largest absolute Gasteiger partial charge is 0.378 e. The van der Waals surface area contributed by atoms with Gasteiger partial charge in [0.05, 0.1) is 37.4 Å². The van der Waals surface area contributed by atoms with E-state index >= 15 is 0 Å². The number of morpholine rings is 1. The van der Waals surface area contributed by atoms with Crippen molar-refractivity contribution in [2.75, 3.05) is 44.8 Å². The number of benzene rings is 1. The van der Waals surface area contributed by atoms with Gasteiger partial charge in [-0.1, -0.05) is 18.2 Å². The van der Waals surface area contributed by atoms with E-state index in [1.807, 2.05) is 45.9 Å². The highest BCUT2D eigenvalue weighted by atomic mass is 16.5. The molecule has 0 atom stereocenters. The molecule has 4 rings (SSSR count). The van der Waals surface area contributed by atoms with Crippen molar-refractivity contribution in [1.82, 2.24) is 19.8 Å². The number of nitrogens with zero attached hydrogens (tertiary/aromatic N) is 3. The summed E-state index contributed by atoms with van der Waals surface area (Å²) >= 11 is 0. The third-order valence-corrected chi connectivity index (χ3v) is 6.82. The summed E-state index contributed by atoms with van der Waals surface area (Å²) in [6.45, 7) is 11.0. The number of aromatic nitrogens is 2. The molecule has 1 aliphatic heterocycles. The van der Waals surface area contributed by atoms with Crippen molar-refractivity contribution in [3.63, 3.8) is 0 Å². The number of hydrogen-bond donors (Lipinski definition) is 2. The zero-order chi connectivity index (χ0) is 29.6. The van der Waals surface area contributed by atoms with Crippen LogP contribution in [0.4, 0.5) is 11.5 Å². The molecule has 1 saturated heterocycles. The Labute approximate surface area is 240 Å². The molecular weight excluding hydrogens is 522 g/mol. The second-order valence-electron chi connectivity index (χ2n) is 11.1. The number of amides is 2. The van der Waals surface area contributed by atoms with Crippen LogP contribution in [-0.4, -0.2) is 71.3 Å². The highest BCUT2D eigenvalue weighted by Crippen LogP contribution is 2.27. The first kappa shape index (κ1) is 30.0. The van der Waals surface area contributed by atoms with Gasteiger partial charge in [-0.3, -0.25) is 14.4 Å². The molecule has 0 aliphatic carbocycles. The number of hydrogen-bond acceptors (Lipinski definition) is 7. The molecule has 0 saturated carbocycles. The molecule has 3 heterocycles. The molecule has 0 spiro atoms. The zero-order valence-electron chi connectivity index (χ0n) is 24.5. The van der Waals surface area contributed by atoms with Gasteiger partial charge in [-0.15, -0.1) is 0 Å². The Hall–Kier alpha value is -4.02. The molecule has 0 bridgehead atoms. The van der Waals surface area contributed by atoms with E-state index in [1.165, 1.54) is 10.8 Å². The van der Waals surface area contributed by atoms with E-state index in [1.54, 1.807) is 36.3 Å². The van der Waals surface area contributed by atoms with Crippen LogP contribution in [0.1, 0.15) is 42.3 Å². The Kier molecular flexibility index (Phi) is 9.57. The van der Waals surface area contributed by atoms with Crippen LogP contribution in [0, 0.1) is 6.92 Å². The van der Waals surface area contributed by atoms with Gasteiger partial charge in [-0.05, 0) is 62.6 Å². The molecule has 1 aliphatic rings. The van der Waals surface area contributed by atoms with Crippen molar-refractivity contribution >= 4 is 23.3 Å². The lowest BCUT2D eigenvalue weighted by molar-refractivity contribution is -0.121. The van der Waals surface area contributed by atoms with E-state index in [0.717, 1.165) is 22.3 Å². The third kappa shape index (κ3) is 8.02. The molecule has 10 nitrogen and oxygen atoms in total. The van der Waals surface area contributed by atoms with Crippen LogP contribution in [0.3, 0.4) is 0 Å². The maximum atomic E-state index is 13.0. The highest BCUT2D eigenvalue weighted by Gasteiger charge is 2.19. The average molecular weight is 562 g/mol. The second-order valence-corrected chi connectivity index (χ2v) is 11.1. The van der Waals surface area contributed by atoms with Crippen LogP contribution in [0.25, 0.3) is 11.1 Å². The van der Waals surface area contributed by atoms with Crippen LogP contribution in [0.2, 0.25) is 0 Å². The minimum Gasteiger partial charge on any atom is -0.378 e. The Morgan fingerprint density at radius 2 is 1.88 bits per heavy atom. The molecule has 2 amide bonds. The molecule has 1 aromatic carbocycles. The normalized spacial score (nSPS) is 13.6. The Morgan fingerprint density at radius 3 is 2.56 bits per heavy atom. The van der Waals surface area contributed by atoms with Gasteiger partial charge in [-0.2, -0.15) is 0 Å². The van der Waals surface area contributed by atoms with Crippen LogP contribution >= 0.6 is 0 Å². The van der Waals surface area contributed by atoms with Gasteiger partial charge in [0.25, 0.3) is 11.5 Å². The van der Waals surface area contributed by atoms with Gasteiger partial charge in [0.1, 0.15) is 11.5 Å². The summed E-state index contributed by atoms with van der Waals surface area (Å²) in [7, 11) is 1.70. The van der Waals surface area contributed by atoms with E-state index < -0.39 is 0 Å². The Balaban J connectivity index is 1.48. The molecule has 41 heavy (non-hydrogen) atoms. The van der Waals surface area contributed by atoms with Gasteiger partial charge >= 0.3 is 0 Å². The van der Waals surface area contributed by atoms with E-state index in [9.17, 15) is 14.4 Å². The van der Waals surface area contributed by atoms with Gasteiger partial charge in [0, 0.05) is 44.6 Å². The molecule has 3 aromatic rings. The van der Waals surface area contributed by atoms with Crippen molar-refractivity contribution in [1.29, 1.82) is 0 Å². The van der Waals surface area contributed by atoms with E-state index in [4.69, 9.17) is 9.47 Å². The molecular formula is C31H39N5O5. The molecule has 2 aromatic heterocycles. The van der Waals surface area contributed by atoms with Crippen LogP contribution in [0.5, 0.6) is 0 Å². The summed E-state index contributed by atoms with van der Waals surface area (Å²) in [5.74, 6) is 0.287. The SMILES string of the molecule is Cc1c(CC(=O)NCCOC(C)(C)C)cccc1-c1cc(Nc2ccc(C(=O)N3CCOCC3)cn2)c(=O)n(C)c1. The summed E-state index contributed by atoms with van der Waals surface area (Å²) in [6, 6.07) is 11.0. The predicted octanol–water partition coefficient (Wildman–Crippen LogP) is 3.45. The molecule has 10 heteroatoms. The standard InChI is InChI=1S/C31H39N5O5/c1-21-22(18-28(37)32-11-14-41-31(2,3)4)7-6-8-25(21)24-17-26(30(39)35(5)20-24)34-27-10-9-23(19-33-27)29(38)36-12-15-40-16-13-36/h6-10,17,19-20H,11-16,18H2,1-5H3,(H,32,37)(H,33,34). The first-order valence-corrected chi connectivity index (χ1v) is 13.8. The Morgan fingerprint density at radius 1 is 1.12 bits per heavy atom. The topological polar surface area (TPSA) is 115 Å². The lowest BCUT2D eigenvalue weighted by Gasteiger charge is -2.26. The smallest absolute Gasteiger partial charge is 0.274 e. The lowest BCUT2D eigenvalue weighted by atomic mass is 9.95. The van der Waals surface area contributed by atoms with E-state index in [0.29, 0.717) is 56.5 Å². The van der Waals surface area contributed by atoms with Gasteiger partial charge in [-0.25, -0.2) is 4.98 Å². The summed E-state index contributed by atoms with van der Waals surface area (Å²) in [5, 5.41) is 6.03. The summed E-state index contributed by atoms with van der Waals surface area (Å²) in [4.78, 5) is 44.4. The minimum absolute atomic E-state index is 0.0767. The van der Waals surface area contributed by atoms with Crippen LogP contribution in [0.15, 0.2) is 53.6 Å². The van der Waals surface area contributed by atoms with Gasteiger partial charge < -0.3 is 29.6 Å². The number of aryl methyl sites for hydroxylation is 1. The van der Waals surface area contributed by atoms with Crippen LogP contribution in [-0.2, 0) is 27.7 Å². The lowest BCUT2D eigenvalue weighted by Crippen LogP contribution is -2.40. The number of rotatable bonds is 9. The number of anilines is 2. The van der Waals surface area contributed by atoms with Gasteiger partial charge in [0.2, 0.25) is 5.91 Å². The predicted molar refractivity (Wildman–Crippen MR) is 159 cm³/mol.